The number of para-hydroxylation sites is 1. The highest BCUT2D eigenvalue weighted by Crippen LogP contribution is 2.21. The van der Waals surface area contributed by atoms with Crippen LogP contribution in [0.4, 0.5) is 0 Å². The molecule has 0 N–H and O–H groups in total. The Morgan fingerprint density at radius 1 is 0.957 bits per heavy atom. The molecule has 2 aromatic carbocycles. The normalized spacial score (nSPS) is 10.7. The van der Waals surface area contributed by atoms with Gasteiger partial charge in [-0.3, -0.25) is 4.98 Å². The van der Waals surface area contributed by atoms with Gasteiger partial charge in [0.1, 0.15) is 11.5 Å². The van der Waals surface area contributed by atoms with Crippen molar-refractivity contribution in [3.63, 3.8) is 0 Å². The van der Waals surface area contributed by atoms with Crippen molar-refractivity contribution in [3.05, 3.63) is 66.4 Å². The molecule has 0 aliphatic rings. The van der Waals surface area contributed by atoms with Crippen molar-refractivity contribution in [1.29, 1.82) is 0 Å². The summed E-state index contributed by atoms with van der Waals surface area (Å²) in [7, 11) is 1.66. The second-order valence-electron chi connectivity index (χ2n) is 5.07. The number of nitrogens with zero attached hydrogens (tertiary/aromatic N) is 1. The van der Waals surface area contributed by atoms with Gasteiger partial charge in [0.25, 0.3) is 0 Å². The summed E-state index contributed by atoms with van der Waals surface area (Å²) in [5.41, 5.74) is 2.37. The van der Waals surface area contributed by atoms with Gasteiger partial charge in [0.15, 0.2) is 0 Å². The highest BCUT2D eigenvalue weighted by molar-refractivity contribution is 7.98. The van der Waals surface area contributed by atoms with Crippen LogP contribution in [0.5, 0.6) is 11.5 Å². The molecule has 3 nitrogen and oxygen atoms in total. The molecule has 3 rings (SSSR count). The maximum Gasteiger partial charge on any atom is 0.119 e. The average molecular weight is 325 g/mol. The number of rotatable bonds is 7. The summed E-state index contributed by atoms with van der Waals surface area (Å²) in [6, 6.07) is 18.1. The summed E-state index contributed by atoms with van der Waals surface area (Å²) in [4.78, 5) is 4.49. The van der Waals surface area contributed by atoms with E-state index in [1.807, 2.05) is 48.3 Å². The van der Waals surface area contributed by atoms with E-state index in [-0.39, 0.29) is 0 Å². The molecule has 23 heavy (non-hydrogen) atoms. The largest absolute Gasteiger partial charge is 0.497 e. The Morgan fingerprint density at radius 3 is 2.57 bits per heavy atom. The van der Waals surface area contributed by atoms with E-state index in [0.717, 1.165) is 28.5 Å². The summed E-state index contributed by atoms with van der Waals surface area (Å²) in [6.07, 6.45) is 1.85. The van der Waals surface area contributed by atoms with Gasteiger partial charge in [-0.1, -0.05) is 24.3 Å². The van der Waals surface area contributed by atoms with Crippen molar-refractivity contribution in [1.82, 2.24) is 4.98 Å². The van der Waals surface area contributed by atoms with Crippen LogP contribution in [0, 0.1) is 0 Å². The van der Waals surface area contributed by atoms with Gasteiger partial charge in [-0.15, -0.1) is 0 Å². The number of benzene rings is 2. The maximum absolute atomic E-state index is 5.74. The lowest BCUT2D eigenvalue weighted by Gasteiger charge is -2.08. The number of aromatic nitrogens is 1. The highest BCUT2D eigenvalue weighted by Gasteiger charge is 2.02. The van der Waals surface area contributed by atoms with Gasteiger partial charge in [-0.2, -0.15) is 11.8 Å². The second-order valence-corrected chi connectivity index (χ2v) is 6.17. The fraction of sp³-hybridized carbons (Fsp3) is 0.211. The van der Waals surface area contributed by atoms with Crippen LogP contribution in [0.1, 0.15) is 5.56 Å². The number of methoxy groups -OCH3 is 1. The SMILES string of the molecule is COc1ccc(OCCSCc2cccc3cccnc23)cc1. The molecule has 0 fully saturated rings. The topological polar surface area (TPSA) is 31.4 Å². The molecule has 0 atom stereocenters. The van der Waals surface area contributed by atoms with Gasteiger partial charge >= 0.3 is 0 Å². The van der Waals surface area contributed by atoms with Crippen molar-refractivity contribution >= 4 is 22.7 Å². The average Bonchev–Trinajstić information content (AvgIpc) is 2.62. The Kier molecular flexibility index (Phi) is 5.37. The molecule has 1 heterocycles. The molecule has 0 saturated carbocycles. The van der Waals surface area contributed by atoms with Gasteiger partial charge in [-0.25, -0.2) is 0 Å². The zero-order valence-corrected chi connectivity index (χ0v) is 13.9. The fourth-order valence-corrected chi connectivity index (χ4v) is 3.15. The lowest BCUT2D eigenvalue weighted by Crippen LogP contribution is -2.00. The number of pyridine rings is 1. The van der Waals surface area contributed by atoms with Gasteiger partial charge in [0, 0.05) is 23.1 Å². The monoisotopic (exact) mass is 325 g/mol. The molecule has 0 aliphatic heterocycles. The summed E-state index contributed by atoms with van der Waals surface area (Å²) in [5.74, 6) is 3.60. The number of ether oxygens (including phenoxy) is 2. The van der Waals surface area contributed by atoms with Gasteiger partial charge in [0.05, 0.1) is 19.2 Å². The maximum atomic E-state index is 5.74. The van der Waals surface area contributed by atoms with Crippen LogP contribution in [0.25, 0.3) is 10.9 Å². The van der Waals surface area contributed by atoms with Crippen LogP contribution >= 0.6 is 11.8 Å². The van der Waals surface area contributed by atoms with Crippen LogP contribution in [0.3, 0.4) is 0 Å². The molecule has 0 amide bonds. The van der Waals surface area contributed by atoms with Gasteiger partial charge in [0.2, 0.25) is 0 Å². The molecule has 0 bridgehead atoms. The van der Waals surface area contributed by atoms with Crippen molar-refractivity contribution in [2.45, 2.75) is 5.75 Å². The molecule has 0 unspecified atom stereocenters. The van der Waals surface area contributed by atoms with E-state index in [9.17, 15) is 0 Å². The lowest BCUT2D eigenvalue weighted by atomic mass is 10.1. The van der Waals surface area contributed by atoms with E-state index in [1.54, 1.807) is 7.11 Å². The van der Waals surface area contributed by atoms with Crippen LogP contribution in [0.15, 0.2) is 60.8 Å². The summed E-state index contributed by atoms with van der Waals surface area (Å²) in [6.45, 7) is 0.690. The zero-order valence-electron chi connectivity index (χ0n) is 13.1. The third kappa shape index (κ3) is 4.17. The summed E-state index contributed by atoms with van der Waals surface area (Å²) >= 11 is 1.86. The van der Waals surface area contributed by atoms with Crippen LogP contribution in [-0.2, 0) is 5.75 Å². The van der Waals surface area contributed by atoms with Crippen molar-refractivity contribution < 1.29 is 9.47 Å². The minimum Gasteiger partial charge on any atom is -0.497 e. The third-order valence-electron chi connectivity index (χ3n) is 3.53. The molecule has 3 aromatic rings. The Hall–Kier alpha value is -2.20. The molecule has 0 spiro atoms. The number of hydrogen-bond acceptors (Lipinski definition) is 4. The lowest BCUT2D eigenvalue weighted by molar-refractivity contribution is 0.342. The first-order chi connectivity index (χ1) is 11.4. The zero-order chi connectivity index (χ0) is 15.9. The first-order valence-corrected chi connectivity index (χ1v) is 8.69. The molecule has 1 aromatic heterocycles. The van der Waals surface area contributed by atoms with E-state index in [0.29, 0.717) is 6.61 Å². The molecular formula is C19H19NO2S. The van der Waals surface area contributed by atoms with E-state index in [4.69, 9.17) is 9.47 Å². The third-order valence-corrected chi connectivity index (χ3v) is 4.50. The van der Waals surface area contributed by atoms with Crippen LogP contribution in [-0.4, -0.2) is 24.5 Å². The Labute approximate surface area is 140 Å². The quantitative estimate of drug-likeness (QED) is 0.596. The molecule has 4 heteroatoms. The molecule has 118 valence electrons. The predicted molar refractivity (Wildman–Crippen MR) is 96.4 cm³/mol. The van der Waals surface area contributed by atoms with E-state index in [1.165, 1.54) is 10.9 Å². The van der Waals surface area contributed by atoms with E-state index in [2.05, 4.69) is 29.2 Å². The number of thioether (sulfide) groups is 1. The molecule has 0 radical (unpaired) electrons. The summed E-state index contributed by atoms with van der Waals surface area (Å²) in [5, 5.41) is 1.19. The van der Waals surface area contributed by atoms with Gasteiger partial charge in [-0.05, 0) is 35.9 Å². The fourth-order valence-electron chi connectivity index (χ4n) is 2.36. The molecular weight excluding hydrogens is 306 g/mol. The standard InChI is InChI=1S/C19H19NO2S/c1-21-17-7-9-18(10-8-17)22-12-13-23-14-16-5-2-4-15-6-3-11-20-19(15)16/h2-11H,12-14H2,1H3. The Balaban J connectivity index is 1.47. The van der Waals surface area contributed by atoms with Crippen LogP contribution < -0.4 is 9.47 Å². The van der Waals surface area contributed by atoms with E-state index < -0.39 is 0 Å². The molecule has 0 aliphatic carbocycles. The van der Waals surface area contributed by atoms with Gasteiger partial charge < -0.3 is 9.47 Å². The first kappa shape index (κ1) is 15.7. The Bertz CT molecular complexity index is 753. The summed E-state index contributed by atoms with van der Waals surface area (Å²) < 4.78 is 10.9. The predicted octanol–water partition coefficient (Wildman–Crippen LogP) is 4.56. The van der Waals surface area contributed by atoms with Crippen molar-refractivity contribution in [2.75, 3.05) is 19.5 Å². The number of fused-ring (bicyclic) bond motifs is 1. The second kappa shape index (κ2) is 7.88. The smallest absolute Gasteiger partial charge is 0.119 e. The minimum absolute atomic E-state index is 0.690. The highest BCUT2D eigenvalue weighted by atomic mass is 32.2. The number of hydrogen-bond donors (Lipinski definition) is 0. The first-order valence-electron chi connectivity index (χ1n) is 7.54. The molecule has 0 saturated heterocycles. The minimum atomic E-state index is 0.690. The Morgan fingerprint density at radius 2 is 1.74 bits per heavy atom. The van der Waals surface area contributed by atoms with Crippen molar-refractivity contribution in [2.24, 2.45) is 0 Å². The van der Waals surface area contributed by atoms with Crippen LogP contribution in [0.2, 0.25) is 0 Å². The van der Waals surface area contributed by atoms with E-state index >= 15 is 0 Å². The van der Waals surface area contributed by atoms with Crippen molar-refractivity contribution in [3.8, 4) is 11.5 Å².